The van der Waals surface area contributed by atoms with Crippen LogP contribution in [-0.4, -0.2) is 25.8 Å². The van der Waals surface area contributed by atoms with Crippen LogP contribution in [0, 0.1) is 10.1 Å². The number of nitrogens with one attached hydrogen (secondary N) is 3. The van der Waals surface area contributed by atoms with E-state index in [0.29, 0.717) is 11.3 Å². The number of nitrogens with zero attached hydrogens (tertiary/aromatic N) is 4. The van der Waals surface area contributed by atoms with E-state index in [1.807, 2.05) is 6.07 Å². The lowest BCUT2D eigenvalue weighted by molar-refractivity contribution is -0.383. The van der Waals surface area contributed by atoms with E-state index >= 15 is 0 Å². The van der Waals surface area contributed by atoms with Crippen molar-refractivity contribution in [3.05, 3.63) is 76.9 Å². The molecule has 130 valence electrons. The molecule has 0 spiro atoms. The van der Waals surface area contributed by atoms with Crippen LogP contribution in [0.4, 0.5) is 23.0 Å². The van der Waals surface area contributed by atoms with Crippen LogP contribution in [0.3, 0.4) is 0 Å². The van der Waals surface area contributed by atoms with Crippen molar-refractivity contribution < 1.29 is 9.72 Å². The number of aromatic nitrogens is 3. The SMILES string of the molecule is O=C(NNc1ncnc(Nc2ccccc2)c1[N+](=O)[O-])c1cccnc1. The maximum absolute atomic E-state index is 12.0. The predicted molar refractivity (Wildman–Crippen MR) is 93.7 cm³/mol. The number of hydrazine groups is 1. The van der Waals surface area contributed by atoms with Crippen molar-refractivity contribution in [2.45, 2.75) is 0 Å². The van der Waals surface area contributed by atoms with Crippen molar-refractivity contribution in [1.82, 2.24) is 20.4 Å². The molecule has 2 aromatic heterocycles. The Labute approximate surface area is 147 Å². The average molecular weight is 351 g/mol. The molecule has 0 aliphatic carbocycles. The van der Waals surface area contributed by atoms with Gasteiger partial charge in [-0.3, -0.25) is 30.7 Å². The first-order valence-electron chi connectivity index (χ1n) is 7.43. The molecule has 0 aliphatic rings. The number of carbonyl (C=O) groups excluding carboxylic acids is 1. The van der Waals surface area contributed by atoms with Gasteiger partial charge in [0.1, 0.15) is 6.33 Å². The van der Waals surface area contributed by atoms with Gasteiger partial charge in [0.2, 0.25) is 11.6 Å². The van der Waals surface area contributed by atoms with E-state index in [4.69, 9.17) is 0 Å². The third-order valence-corrected chi connectivity index (χ3v) is 3.26. The average Bonchev–Trinajstić information content (AvgIpc) is 2.67. The monoisotopic (exact) mass is 351 g/mol. The number of anilines is 3. The van der Waals surface area contributed by atoms with Crippen molar-refractivity contribution in [2.24, 2.45) is 0 Å². The van der Waals surface area contributed by atoms with Gasteiger partial charge in [-0.25, -0.2) is 9.97 Å². The first-order chi connectivity index (χ1) is 12.6. The van der Waals surface area contributed by atoms with E-state index in [2.05, 4.69) is 31.1 Å². The van der Waals surface area contributed by atoms with Crippen LogP contribution >= 0.6 is 0 Å². The Hall–Kier alpha value is -4.08. The fourth-order valence-corrected chi connectivity index (χ4v) is 2.08. The molecule has 0 saturated carbocycles. The molecule has 2 heterocycles. The molecule has 0 saturated heterocycles. The van der Waals surface area contributed by atoms with E-state index in [-0.39, 0.29) is 11.6 Å². The number of hydrogen-bond acceptors (Lipinski definition) is 8. The number of rotatable bonds is 6. The summed E-state index contributed by atoms with van der Waals surface area (Å²) in [6, 6.07) is 12.0. The summed E-state index contributed by atoms with van der Waals surface area (Å²) in [7, 11) is 0. The molecule has 10 nitrogen and oxygen atoms in total. The molecule has 0 bridgehead atoms. The summed E-state index contributed by atoms with van der Waals surface area (Å²) in [5, 5.41) is 14.3. The summed E-state index contributed by atoms with van der Waals surface area (Å²) in [5.41, 5.74) is 5.32. The summed E-state index contributed by atoms with van der Waals surface area (Å²) in [6.45, 7) is 0. The highest BCUT2D eigenvalue weighted by molar-refractivity contribution is 5.94. The molecule has 10 heteroatoms. The predicted octanol–water partition coefficient (Wildman–Crippen LogP) is 2.28. The quantitative estimate of drug-likeness (QED) is 0.455. The number of nitro groups is 1. The minimum atomic E-state index is -0.635. The van der Waals surface area contributed by atoms with Crippen LogP contribution in [0.1, 0.15) is 10.4 Å². The highest BCUT2D eigenvalue weighted by Crippen LogP contribution is 2.30. The lowest BCUT2D eigenvalue weighted by Gasteiger charge is -2.10. The fraction of sp³-hybridized carbons (Fsp3) is 0. The number of amides is 1. The Morgan fingerprint density at radius 3 is 2.50 bits per heavy atom. The van der Waals surface area contributed by atoms with E-state index in [1.54, 1.807) is 36.4 Å². The van der Waals surface area contributed by atoms with Crippen molar-refractivity contribution in [1.29, 1.82) is 0 Å². The maximum Gasteiger partial charge on any atom is 0.355 e. The van der Waals surface area contributed by atoms with E-state index in [1.165, 1.54) is 12.4 Å². The topological polar surface area (TPSA) is 135 Å². The molecule has 0 fully saturated rings. The summed E-state index contributed by atoms with van der Waals surface area (Å²) < 4.78 is 0. The highest BCUT2D eigenvalue weighted by atomic mass is 16.6. The minimum absolute atomic E-state index is 0.00525. The Morgan fingerprint density at radius 1 is 1.04 bits per heavy atom. The summed E-state index contributed by atoms with van der Waals surface area (Å²) in [4.78, 5) is 34.5. The van der Waals surface area contributed by atoms with Gasteiger partial charge >= 0.3 is 5.69 Å². The second kappa shape index (κ2) is 7.66. The van der Waals surface area contributed by atoms with Crippen LogP contribution < -0.4 is 16.2 Å². The van der Waals surface area contributed by atoms with Gasteiger partial charge in [-0.05, 0) is 24.3 Å². The number of pyridine rings is 1. The zero-order chi connectivity index (χ0) is 18.4. The van der Waals surface area contributed by atoms with Gasteiger partial charge in [0.15, 0.2) is 0 Å². The van der Waals surface area contributed by atoms with Crippen LogP contribution in [0.2, 0.25) is 0 Å². The molecular formula is C16H13N7O3. The summed E-state index contributed by atoms with van der Waals surface area (Å²) in [6.07, 6.45) is 4.05. The second-order valence-corrected chi connectivity index (χ2v) is 4.99. The van der Waals surface area contributed by atoms with Gasteiger partial charge in [0, 0.05) is 18.1 Å². The fourth-order valence-electron chi connectivity index (χ4n) is 2.08. The lowest BCUT2D eigenvalue weighted by Crippen LogP contribution is -2.30. The number of para-hydroxylation sites is 1. The number of carbonyl (C=O) groups is 1. The van der Waals surface area contributed by atoms with E-state index < -0.39 is 16.5 Å². The Balaban J connectivity index is 1.82. The van der Waals surface area contributed by atoms with Crippen LogP contribution in [0.5, 0.6) is 0 Å². The number of benzene rings is 1. The smallest absolute Gasteiger partial charge is 0.334 e. The molecule has 3 aromatic rings. The van der Waals surface area contributed by atoms with Crippen LogP contribution in [0.15, 0.2) is 61.2 Å². The third-order valence-electron chi connectivity index (χ3n) is 3.26. The van der Waals surface area contributed by atoms with Gasteiger partial charge in [-0.15, -0.1) is 0 Å². The normalized spacial score (nSPS) is 10.0. The lowest BCUT2D eigenvalue weighted by atomic mass is 10.3. The highest BCUT2D eigenvalue weighted by Gasteiger charge is 2.23. The maximum atomic E-state index is 12.0. The van der Waals surface area contributed by atoms with Crippen LogP contribution in [0.25, 0.3) is 0 Å². The van der Waals surface area contributed by atoms with Crippen molar-refractivity contribution in [2.75, 3.05) is 10.7 Å². The summed E-state index contributed by atoms with van der Waals surface area (Å²) in [5.74, 6) is -0.668. The molecule has 3 N–H and O–H groups in total. The molecule has 1 aromatic carbocycles. The van der Waals surface area contributed by atoms with Crippen molar-refractivity contribution in [3.63, 3.8) is 0 Å². The van der Waals surface area contributed by atoms with Gasteiger partial charge in [-0.2, -0.15) is 0 Å². The van der Waals surface area contributed by atoms with Gasteiger partial charge < -0.3 is 5.32 Å². The van der Waals surface area contributed by atoms with E-state index in [9.17, 15) is 14.9 Å². The first-order valence-corrected chi connectivity index (χ1v) is 7.43. The molecule has 3 rings (SSSR count). The molecule has 0 radical (unpaired) electrons. The van der Waals surface area contributed by atoms with Crippen molar-refractivity contribution in [3.8, 4) is 0 Å². The largest absolute Gasteiger partial charge is 0.355 e. The van der Waals surface area contributed by atoms with Crippen LogP contribution in [-0.2, 0) is 0 Å². The Morgan fingerprint density at radius 2 is 1.81 bits per heavy atom. The van der Waals surface area contributed by atoms with Gasteiger partial charge in [0.25, 0.3) is 5.91 Å². The molecule has 1 amide bonds. The molecule has 0 aliphatic heterocycles. The Kier molecular flexibility index (Phi) is 4.94. The molecule has 0 atom stereocenters. The second-order valence-electron chi connectivity index (χ2n) is 4.99. The zero-order valence-electron chi connectivity index (χ0n) is 13.3. The standard InChI is InChI=1S/C16H13N7O3/c24-16(11-5-4-8-17-9-11)22-21-15-13(23(25)26)14(18-10-19-15)20-12-6-2-1-3-7-12/h1-10H,(H,22,24)(H2,18,19,20,21). The molecule has 0 unspecified atom stereocenters. The first kappa shape index (κ1) is 16.8. The van der Waals surface area contributed by atoms with Gasteiger partial charge in [0.05, 0.1) is 10.5 Å². The zero-order valence-corrected chi connectivity index (χ0v) is 13.3. The minimum Gasteiger partial charge on any atom is -0.334 e. The third kappa shape index (κ3) is 3.87. The molecular weight excluding hydrogens is 338 g/mol. The number of hydrogen-bond donors (Lipinski definition) is 3. The summed E-state index contributed by atoms with van der Waals surface area (Å²) >= 11 is 0. The van der Waals surface area contributed by atoms with Crippen molar-refractivity contribution >= 4 is 28.9 Å². The van der Waals surface area contributed by atoms with Gasteiger partial charge in [-0.1, -0.05) is 18.2 Å². The van der Waals surface area contributed by atoms with E-state index in [0.717, 1.165) is 6.33 Å². The molecule has 26 heavy (non-hydrogen) atoms. The Bertz CT molecular complexity index is 920.